The molecule has 0 bridgehead atoms. The second-order valence-corrected chi connectivity index (χ2v) is 6.63. The molecule has 1 saturated carbocycles. The predicted octanol–water partition coefficient (Wildman–Crippen LogP) is 3.21. The number of ether oxygens (including phenoxy) is 1. The minimum Gasteiger partial charge on any atom is -0.497 e. The van der Waals surface area contributed by atoms with Crippen LogP contribution >= 0.6 is 0 Å². The zero-order chi connectivity index (χ0) is 15.3. The molecule has 4 rings (SSSR count). The van der Waals surface area contributed by atoms with Crippen LogP contribution in [0.2, 0.25) is 0 Å². The molecule has 0 radical (unpaired) electrons. The van der Waals surface area contributed by atoms with Gasteiger partial charge in [-0.25, -0.2) is 0 Å². The Balaban J connectivity index is 1.76. The van der Waals surface area contributed by atoms with Gasteiger partial charge >= 0.3 is 0 Å². The summed E-state index contributed by atoms with van der Waals surface area (Å²) < 4.78 is 5.32. The van der Waals surface area contributed by atoms with Crippen LogP contribution < -0.4 is 4.74 Å². The molecular weight excluding hydrogens is 276 g/mol. The highest BCUT2D eigenvalue weighted by Gasteiger charge is 2.46. The molecule has 3 aliphatic carbocycles. The van der Waals surface area contributed by atoms with Gasteiger partial charge in [0.15, 0.2) is 0 Å². The van der Waals surface area contributed by atoms with Crippen molar-refractivity contribution in [3.8, 4) is 5.75 Å². The SMILES string of the molecule is COc1ccc2c(c1)CCC1C2=CCC2C(=O)CCC(=O)C21. The first-order valence-corrected chi connectivity index (χ1v) is 8.12. The van der Waals surface area contributed by atoms with Crippen molar-refractivity contribution in [2.75, 3.05) is 7.11 Å². The molecule has 0 amide bonds. The number of ketones is 2. The molecule has 3 nitrogen and oxygen atoms in total. The molecule has 3 atom stereocenters. The summed E-state index contributed by atoms with van der Waals surface area (Å²) in [6.45, 7) is 0. The topological polar surface area (TPSA) is 43.4 Å². The van der Waals surface area contributed by atoms with Crippen molar-refractivity contribution in [1.82, 2.24) is 0 Å². The minimum absolute atomic E-state index is 0.0604. The first-order chi connectivity index (χ1) is 10.7. The number of aryl methyl sites for hydroxylation is 1. The van der Waals surface area contributed by atoms with Crippen LogP contribution in [0, 0.1) is 17.8 Å². The highest BCUT2D eigenvalue weighted by Crippen LogP contribution is 2.49. The van der Waals surface area contributed by atoms with Gasteiger partial charge in [-0.05, 0) is 54.0 Å². The van der Waals surface area contributed by atoms with Gasteiger partial charge in [0.1, 0.15) is 17.3 Å². The van der Waals surface area contributed by atoms with Gasteiger partial charge in [-0.15, -0.1) is 0 Å². The summed E-state index contributed by atoms with van der Waals surface area (Å²) in [5, 5.41) is 0. The van der Waals surface area contributed by atoms with Gasteiger partial charge in [-0.3, -0.25) is 9.59 Å². The van der Waals surface area contributed by atoms with E-state index in [0.29, 0.717) is 24.4 Å². The molecule has 0 aromatic heterocycles. The Labute approximate surface area is 130 Å². The number of carbonyl (C=O) groups is 2. The monoisotopic (exact) mass is 296 g/mol. The highest BCUT2D eigenvalue weighted by molar-refractivity contribution is 5.98. The molecule has 0 aliphatic heterocycles. The Kier molecular flexibility index (Phi) is 3.17. The fourth-order valence-corrected chi connectivity index (χ4v) is 4.55. The smallest absolute Gasteiger partial charge is 0.137 e. The van der Waals surface area contributed by atoms with Gasteiger partial charge in [-0.2, -0.15) is 0 Å². The van der Waals surface area contributed by atoms with Crippen molar-refractivity contribution in [2.24, 2.45) is 17.8 Å². The largest absolute Gasteiger partial charge is 0.497 e. The van der Waals surface area contributed by atoms with Gasteiger partial charge < -0.3 is 4.74 Å². The summed E-state index contributed by atoms with van der Waals surface area (Å²) in [6, 6.07) is 6.20. The van der Waals surface area contributed by atoms with E-state index in [4.69, 9.17) is 4.74 Å². The van der Waals surface area contributed by atoms with E-state index in [1.54, 1.807) is 7.11 Å². The zero-order valence-electron chi connectivity index (χ0n) is 12.8. The summed E-state index contributed by atoms with van der Waals surface area (Å²) in [5.41, 5.74) is 3.84. The first-order valence-electron chi connectivity index (χ1n) is 8.12. The van der Waals surface area contributed by atoms with E-state index < -0.39 is 0 Å². The lowest BCUT2D eigenvalue weighted by Crippen LogP contribution is -2.43. The number of methoxy groups -OCH3 is 1. The quantitative estimate of drug-likeness (QED) is 0.799. The Morgan fingerprint density at radius 2 is 1.86 bits per heavy atom. The van der Waals surface area contributed by atoms with Crippen molar-refractivity contribution in [1.29, 1.82) is 0 Å². The third kappa shape index (κ3) is 1.95. The molecule has 1 aromatic carbocycles. The fraction of sp³-hybridized carbons (Fsp3) is 0.474. The van der Waals surface area contributed by atoms with Gasteiger partial charge in [0.25, 0.3) is 0 Å². The minimum atomic E-state index is -0.0727. The fourth-order valence-electron chi connectivity index (χ4n) is 4.55. The number of hydrogen-bond acceptors (Lipinski definition) is 3. The Morgan fingerprint density at radius 1 is 1.05 bits per heavy atom. The van der Waals surface area contributed by atoms with E-state index in [9.17, 15) is 9.59 Å². The summed E-state index contributed by atoms with van der Waals surface area (Å²) in [7, 11) is 1.68. The second kappa shape index (κ2) is 5.08. The number of benzene rings is 1. The lowest BCUT2D eigenvalue weighted by atomic mass is 9.60. The van der Waals surface area contributed by atoms with Crippen LogP contribution in [0.5, 0.6) is 5.75 Å². The van der Waals surface area contributed by atoms with Crippen molar-refractivity contribution in [2.45, 2.75) is 32.1 Å². The van der Waals surface area contributed by atoms with Gasteiger partial charge in [-0.1, -0.05) is 12.1 Å². The van der Waals surface area contributed by atoms with Crippen LogP contribution in [-0.2, 0) is 16.0 Å². The lowest BCUT2D eigenvalue weighted by molar-refractivity contribution is -0.139. The first kappa shape index (κ1) is 13.7. The van der Waals surface area contributed by atoms with Gasteiger partial charge in [0.05, 0.1) is 7.11 Å². The molecule has 0 spiro atoms. The number of hydrogen-bond donors (Lipinski definition) is 0. The van der Waals surface area contributed by atoms with E-state index in [2.05, 4.69) is 18.2 Å². The summed E-state index contributed by atoms with van der Waals surface area (Å²) in [4.78, 5) is 24.6. The Hall–Kier alpha value is -1.90. The molecule has 3 aliphatic rings. The maximum Gasteiger partial charge on any atom is 0.137 e. The molecule has 0 saturated heterocycles. The van der Waals surface area contributed by atoms with Crippen LogP contribution in [0.1, 0.15) is 36.8 Å². The highest BCUT2D eigenvalue weighted by atomic mass is 16.5. The Morgan fingerprint density at radius 3 is 2.68 bits per heavy atom. The van der Waals surface area contributed by atoms with Crippen LogP contribution in [0.25, 0.3) is 5.57 Å². The summed E-state index contributed by atoms with van der Waals surface area (Å²) in [5.74, 6) is 1.58. The summed E-state index contributed by atoms with van der Waals surface area (Å²) >= 11 is 0. The molecule has 3 unspecified atom stereocenters. The average Bonchev–Trinajstić information content (AvgIpc) is 2.56. The molecular formula is C19H20O3. The molecule has 3 heteroatoms. The molecule has 114 valence electrons. The number of carbonyl (C=O) groups excluding carboxylic acids is 2. The van der Waals surface area contributed by atoms with Crippen LogP contribution in [0.3, 0.4) is 0 Å². The maximum atomic E-state index is 12.4. The number of allylic oxidation sites excluding steroid dienone is 2. The lowest BCUT2D eigenvalue weighted by Gasteiger charge is -2.42. The van der Waals surface area contributed by atoms with Crippen molar-refractivity contribution in [3.63, 3.8) is 0 Å². The predicted molar refractivity (Wildman–Crippen MR) is 83.6 cm³/mol. The molecule has 0 N–H and O–H groups in total. The van der Waals surface area contributed by atoms with E-state index in [1.165, 1.54) is 16.7 Å². The average molecular weight is 296 g/mol. The summed E-state index contributed by atoms with van der Waals surface area (Å²) in [6.07, 6.45) is 5.76. The zero-order valence-corrected chi connectivity index (χ0v) is 12.8. The van der Waals surface area contributed by atoms with E-state index in [0.717, 1.165) is 25.0 Å². The molecule has 22 heavy (non-hydrogen) atoms. The molecule has 1 fully saturated rings. The third-order valence-corrected chi connectivity index (χ3v) is 5.61. The van der Waals surface area contributed by atoms with Crippen molar-refractivity contribution in [3.05, 3.63) is 35.4 Å². The maximum absolute atomic E-state index is 12.4. The second-order valence-electron chi connectivity index (χ2n) is 6.63. The number of rotatable bonds is 1. The van der Waals surface area contributed by atoms with Crippen LogP contribution in [0.4, 0.5) is 0 Å². The Bertz CT molecular complexity index is 686. The number of fused-ring (bicyclic) bond motifs is 5. The normalized spacial score (nSPS) is 30.0. The van der Waals surface area contributed by atoms with E-state index >= 15 is 0 Å². The van der Waals surface area contributed by atoms with Crippen LogP contribution in [-0.4, -0.2) is 18.7 Å². The molecule has 0 heterocycles. The standard InChI is InChI=1S/C19H20O3/c1-22-12-3-5-13-11(10-12)2-4-15-14(13)6-7-16-17(20)8-9-18(21)19(15)16/h3,5-6,10,15-16,19H,2,4,7-9H2,1H3. The van der Waals surface area contributed by atoms with Crippen molar-refractivity contribution < 1.29 is 14.3 Å². The van der Waals surface area contributed by atoms with E-state index in [-0.39, 0.29) is 17.8 Å². The molecule has 1 aromatic rings. The third-order valence-electron chi connectivity index (χ3n) is 5.61. The number of Topliss-reactive ketones (excluding diaryl/α,β-unsaturated/α-hetero) is 2. The van der Waals surface area contributed by atoms with Gasteiger partial charge in [0, 0.05) is 24.7 Å². The van der Waals surface area contributed by atoms with Crippen LogP contribution in [0.15, 0.2) is 24.3 Å². The van der Waals surface area contributed by atoms with E-state index in [1.807, 2.05) is 6.07 Å². The van der Waals surface area contributed by atoms with Crippen molar-refractivity contribution >= 4 is 17.1 Å². The van der Waals surface area contributed by atoms with Gasteiger partial charge in [0.2, 0.25) is 0 Å².